The zero-order valence-corrected chi connectivity index (χ0v) is 18.0. The number of benzene rings is 2. The van der Waals surface area contributed by atoms with E-state index >= 15 is 0 Å². The molecule has 1 heterocycles. The van der Waals surface area contributed by atoms with Crippen LogP contribution in [0.25, 0.3) is 0 Å². The molecule has 2 amide bonds. The Kier molecular flexibility index (Phi) is 8.22. The summed E-state index contributed by atoms with van der Waals surface area (Å²) in [5.74, 6) is 1.36. The van der Waals surface area contributed by atoms with E-state index in [2.05, 4.69) is 10.6 Å². The Balaban J connectivity index is 1.26. The summed E-state index contributed by atoms with van der Waals surface area (Å²) in [5.41, 5.74) is 1.92. The van der Waals surface area contributed by atoms with E-state index in [0.717, 1.165) is 17.0 Å². The SMILES string of the molecule is O=C(CCCOc1ccc2c(c1)CCC(=O)N2)NCCCOc1ccc(Cl)cc1Cl. The Morgan fingerprint density at radius 1 is 1.03 bits per heavy atom. The number of carbonyl (C=O) groups excluding carboxylic acids is 2. The number of hydrogen-bond donors (Lipinski definition) is 2. The number of anilines is 1. The third-order valence-corrected chi connectivity index (χ3v) is 5.11. The van der Waals surface area contributed by atoms with E-state index in [1.54, 1.807) is 18.2 Å². The Morgan fingerprint density at radius 3 is 2.70 bits per heavy atom. The van der Waals surface area contributed by atoms with Crippen molar-refractivity contribution in [2.24, 2.45) is 0 Å². The number of amides is 2. The second-order valence-electron chi connectivity index (χ2n) is 6.95. The molecule has 0 atom stereocenters. The van der Waals surface area contributed by atoms with Crippen LogP contribution in [0.3, 0.4) is 0 Å². The molecule has 0 bridgehead atoms. The molecule has 2 aromatic rings. The van der Waals surface area contributed by atoms with Gasteiger partial charge in [0.1, 0.15) is 11.5 Å². The number of halogens is 2. The van der Waals surface area contributed by atoms with Gasteiger partial charge in [0, 0.05) is 30.1 Å². The van der Waals surface area contributed by atoms with E-state index in [-0.39, 0.29) is 11.8 Å². The molecule has 2 N–H and O–H groups in total. The van der Waals surface area contributed by atoms with Crippen molar-refractivity contribution in [2.45, 2.75) is 32.1 Å². The lowest BCUT2D eigenvalue weighted by Crippen LogP contribution is -2.25. The van der Waals surface area contributed by atoms with Crippen LogP contribution in [0.1, 0.15) is 31.2 Å². The van der Waals surface area contributed by atoms with Gasteiger partial charge in [-0.3, -0.25) is 9.59 Å². The number of aryl methyl sites for hydroxylation is 1. The van der Waals surface area contributed by atoms with Crippen LogP contribution in [0.15, 0.2) is 36.4 Å². The van der Waals surface area contributed by atoms with Gasteiger partial charge in [-0.1, -0.05) is 23.2 Å². The molecule has 8 heteroatoms. The van der Waals surface area contributed by atoms with Gasteiger partial charge in [0.25, 0.3) is 0 Å². The van der Waals surface area contributed by atoms with Crippen LogP contribution in [-0.4, -0.2) is 31.6 Å². The molecule has 0 saturated heterocycles. The predicted octanol–water partition coefficient (Wildman–Crippen LogP) is 4.62. The maximum absolute atomic E-state index is 11.9. The van der Waals surface area contributed by atoms with Crippen molar-refractivity contribution in [3.63, 3.8) is 0 Å². The molecule has 30 heavy (non-hydrogen) atoms. The third kappa shape index (κ3) is 6.82. The minimum absolute atomic E-state index is 0.0173. The lowest BCUT2D eigenvalue weighted by atomic mass is 10.0. The van der Waals surface area contributed by atoms with E-state index in [9.17, 15) is 9.59 Å². The molecule has 1 aliphatic heterocycles. The Labute approximate surface area is 185 Å². The van der Waals surface area contributed by atoms with Crippen molar-refractivity contribution in [3.8, 4) is 11.5 Å². The minimum Gasteiger partial charge on any atom is -0.494 e. The van der Waals surface area contributed by atoms with Gasteiger partial charge < -0.3 is 20.1 Å². The van der Waals surface area contributed by atoms with Gasteiger partial charge in [-0.05, 0) is 61.2 Å². The average molecular weight is 451 g/mol. The fraction of sp³-hybridized carbons (Fsp3) is 0.364. The lowest BCUT2D eigenvalue weighted by Gasteiger charge is -2.17. The molecule has 2 aromatic carbocycles. The van der Waals surface area contributed by atoms with Crippen molar-refractivity contribution >= 4 is 40.7 Å². The van der Waals surface area contributed by atoms with Gasteiger partial charge in [0.05, 0.1) is 18.2 Å². The van der Waals surface area contributed by atoms with Crippen LogP contribution in [0.4, 0.5) is 5.69 Å². The quantitative estimate of drug-likeness (QED) is 0.517. The van der Waals surface area contributed by atoms with Crippen LogP contribution in [0, 0.1) is 0 Å². The molecule has 0 fully saturated rings. The third-order valence-electron chi connectivity index (χ3n) is 4.58. The van der Waals surface area contributed by atoms with E-state index in [0.29, 0.717) is 67.7 Å². The van der Waals surface area contributed by atoms with Crippen molar-refractivity contribution in [1.82, 2.24) is 5.32 Å². The monoisotopic (exact) mass is 450 g/mol. The van der Waals surface area contributed by atoms with Gasteiger partial charge in [-0.2, -0.15) is 0 Å². The maximum atomic E-state index is 11.9. The standard InChI is InChI=1S/C22H24Cl2N2O4/c23-16-5-8-20(18(24)14-16)30-12-2-10-25-21(27)3-1-11-29-17-6-7-19-15(13-17)4-9-22(28)26-19/h5-8,13-14H,1-4,9-12H2,(H,25,27)(H,26,28). The lowest BCUT2D eigenvalue weighted by molar-refractivity contribution is -0.121. The van der Waals surface area contributed by atoms with Gasteiger partial charge in [0.15, 0.2) is 0 Å². The summed E-state index contributed by atoms with van der Waals surface area (Å²) in [5, 5.41) is 6.74. The number of ether oxygens (including phenoxy) is 2. The Hall–Kier alpha value is -2.44. The van der Waals surface area contributed by atoms with Crippen LogP contribution >= 0.6 is 23.2 Å². The molecule has 160 valence electrons. The normalized spacial score (nSPS) is 12.7. The Morgan fingerprint density at radius 2 is 1.87 bits per heavy atom. The molecule has 0 unspecified atom stereocenters. The van der Waals surface area contributed by atoms with Crippen molar-refractivity contribution in [3.05, 3.63) is 52.0 Å². The first-order valence-corrected chi connectivity index (χ1v) is 10.7. The van der Waals surface area contributed by atoms with E-state index in [4.69, 9.17) is 32.7 Å². The smallest absolute Gasteiger partial charge is 0.224 e. The number of nitrogens with one attached hydrogen (secondary N) is 2. The molecular weight excluding hydrogens is 427 g/mol. The molecule has 1 aliphatic rings. The van der Waals surface area contributed by atoms with Crippen LogP contribution in [0.2, 0.25) is 10.0 Å². The summed E-state index contributed by atoms with van der Waals surface area (Å²) in [7, 11) is 0. The van der Waals surface area contributed by atoms with Gasteiger partial charge in [0.2, 0.25) is 11.8 Å². The second-order valence-corrected chi connectivity index (χ2v) is 7.79. The van der Waals surface area contributed by atoms with Crippen molar-refractivity contribution < 1.29 is 19.1 Å². The largest absolute Gasteiger partial charge is 0.494 e. The van der Waals surface area contributed by atoms with E-state index in [1.807, 2.05) is 18.2 Å². The average Bonchev–Trinajstić information content (AvgIpc) is 2.72. The van der Waals surface area contributed by atoms with Crippen molar-refractivity contribution in [2.75, 3.05) is 25.1 Å². The molecular formula is C22H24Cl2N2O4. The minimum atomic E-state index is -0.0173. The van der Waals surface area contributed by atoms with Crippen LogP contribution < -0.4 is 20.1 Å². The highest BCUT2D eigenvalue weighted by Gasteiger charge is 2.15. The first-order valence-electron chi connectivity index (χ1n) is 9.91. The molecule has 0 radical (unpaired) electrons. The summed E-state index contributed by atoms with van der Waals surface area (Å²) in [6, 6.07) is 10.7. The first-order chi connectivity index (χ1) is 14.5. The zero-order valence-electron chi connectivity index (χ0n) is 16.5. The first kappa shape index (κ1) is 22.2. The van der Waals surface area contributed by atoms with Crippen LogP contribution in [0.5, 0.6) is 11.5 Å². The fourth-order valence-electron chi connectivity index (χ4n) is 3.04. The van der Waals surface area contributed by atoms with Gasteiger partial charge in [-0.15, -0.1) is 0 Å². The number of rotatable bonds is 10. The topological polar surface area (TPSA) is 76.7 Å². The maximum Gasteiger partial charge on any atom is 0.224 e. The molecule has 0 spiro atoms. The number of carbonyl (C=O) groups is 2. The second kappa shape index (κ2) is 11.1. The molecule has 0 aromatic heterocycles. The zero-order chi connectivity index (χ0) is 21.3. The highest BCUT2D eigenvalue weighted by molar-refractivity contribution is 6.35. The van der Waals surface area contributed by atoms with E-state index < -0.39 is 0 Å². The van der Waals surface area contributed by atoms with Gasteiger partial charge in [-0.25, -0.2) is 0 Å². The summed E-state index contributed by atoms with van der Waals surface area (Å²) in [6.07, 6.45) is 2.90. The fourth-order valence-corrected chi connectivity index (χ4v) is 3.50. The van der Waals surface area contributed by atoms with Crippen LogP contribution in [-0.2, 0) is 16.0 Å². The number of hydrogen-bond acceptors (Lipinski definition) is 4. The highest BCUT2D eigenvalue weighted by Crippen LogP contribution is 2.28. The molecule has 6 nitrogen and oxygen atoms in total. The number of fused-ring (bicyclic) bond motifs is 1. The summed E-state index contributed by atoms with van der Waals surface area (Å²) in [6.45, 7) is 1.43. The molecule has 0 saturated carbocycles. The van der Waals surface area contributed by atoms with Crippen molar-refractivity contribution in [1.29, 1.82) is 0 Å². The molecule has 0 aliphatic carbocycles. The summed E-state index contributed by atoms with van der Waals surface area (Å²) in [4.78, 5) is 23.3. The summed E-state index contributed by atoms with van der Waals surface area (Å²) < 4.78 is 11.3. The van der Waals surface area contributed by atoms with Gasteiger partial charge >= 0.3 is 0 Å². The Bertz CT molecular complexity index is 905. The van der Waals surface area contributed by atoms with E-state index in [1.165, 1.54) is 0 Å². The highest BCUT2D eigenvalue weighted by atomic mass is 35.5. The predicted molar refractivity (Wildman–Crippen MR) is 118 cm³/mol. The molecule has 3 rings (SSSR count). The summed E-state index contributed by atoms with van der Waals surface area (Å²) >= 11 is 11.9.